The number of hydrogen-bond acceptors (Lipinski definition) is 5. The van der Waals surface area contributed by atoms with Crippen molar-refractivity contribution in [1.82, 2.24) is 5.32 Å². The molecule has 0 aliphatic heterocycles. The lowest BCUT2D eigenvalue weighted by Crippen LogP contribution is -2.47. The van der Waals surface area contributed by atoms with Crippen LogP contribution in [0.1, 0.15) is 18.6 Å². The van der Waals surface area contributed by atoms with E-state index < -0.39 is 24.0 Å². The first-order chi connectivity index (χ1) is 12.1. The van der Waals surface area contributed by atoms with Crippen LogP contribution in [0.2, 0.25) is 0 Å². The number of aliphatic hydroxyl groups excluding tert-OH is 1. The molecule has 6 nitrogen and oxygen atoms in total. The van der Waals surface area contributed by atoms with Crippen LogP contribution in [0.5, 0.6) is 5.75 Å². The minimum absolute atomic E-state index is 0.146. The van der Waals surface area contributed by atoms with Crippen LogP contribution in [0.3, 0.4) is 0 Å². The van der Waals surface area contributed by atoms with Crippen molar-refractivity contribution >= 4 is 11.9 Å². The molecule has 1 amide bonds. The summed E-state index contributed by atoms with van der Waals surface area (Å²) >= 11 is 0. The van der Waals surface area contributed by atoms with Gasteiger partial charge in [-0.05, 0) is 24.6 Å². The molecule has 0 radical (unpaired) electrons. The number of rotatable bonds is 8. The minimum atomic E-state index is -1.22. The molecule has 132 valence electrons. The number of carbonyl (C=O) groups excluding carboxylic acids is 2. The van der Waals surface area contributed by atoms with Gasteiger partial charge in [-0.25, -0.2) is 4.79 Å². The number of aliphatic hydroxyl groups is 1. The third-order valence-corrected chi connectivity index (χ3v) is 3.43. The molecule has 2 unspecified atom stereocenters. The van der Waals surface area contributed by atoms with E-state index in [0.717, 1.165) is 0 Å². The third kappa shape index (κ3) is 5.61. The third-order valence-electron chi connectivity index (χ3n) is 3.43. The van der Waals surface area contributed by atoms with Gasteiger partial charge in [0.05, 0.1) is 6.61 Å². The summed E-state index contributed by atoms with van der Waals surface area (Å²) in [5.41, 5.74) is 0.504. The van der Waals surface area contributed by atoms with E-state index in [1.54, 1.807) is 61.5 Å². The second-order valence-electron chi connectivity index (χ2n) is 5.25. The zero-order valence-corrected chi connectivity index (χ0v) is 13.9. The maximum atomic E-state index is 12.1. The van der Waals surface area contributed by atoms with Crippen molar-refractivity contribution in [3.63, 3.8) is 0 Å². The van der Waals surface area contributed by atoms with E-state index in [1.165, 1.54) is 0 Å². The van der Waals surface area contributed by atoms with Crippen LogP contribution in [0, 0.1) is 0 Å². The molecule has 25 heavy (non-hydrogen) atoms. The minimum Gasteiger partial charge on any atom is -0.484 e. The van der Waals surface area contributed by atoms with E-state index in [1.807, 2.05) is 6.07 Å². The van der Waals surface area contributed by atoms with Crippen molar-refractivity contribution in [3.05, 3.63) is 66.2 Å². The second kappa shape index (κ2) is 9.44. The standard InChI is InChI=1S/C19H21NO5/c1-2-24-19(23)17(18(22)14-9-5-3-6-10-14)20-16(21)13-25-15-11-7-4-8-12-15/h3-12,17-18,22H,2,13H2,1H3,(H,20,21). The molecule has 0 aliphatic carbocycles. The highest BCUT2D eigenvalue weighted by molar-refractivity contribution is 5.85. The smallest absolute Gasteiger partial charge is 0.331 e. The summed E-state index contributed by atoms with van der Waals surface area (Å²) in [6.07, 6.45) is -1.22. The number of amides is 1. The van der Waals surface area contributed by atoms with E-state index in [9.17, 15) is 14.7 Å². The molecule has 0 fully saturated rings. The Morgan fingerprint density at radius 3 is 2.24 bits per heavy atom. The monoisotopic (exact) mass is 343 g/mol. The number of hydrogen-bond donors (Lipinski definition) is 2. The lowest BCUT2D eigenvalue weighted by Gasteiger charge is -2.22. The van der Waals surface area contributed by atoms with Gasteiger partial charge in [0.2, 0.25) is 0 Å². The van der Waals surface area contributed by atoms with Gasteiger partial charge in [-0.1, -0.05) is 48.5 Å². The largest absolute Gasteiger partial charge is 0.484 e. The lowest BCUT2D eigenvalue weighted by atomic mass is 10.0. The normalized spacial score (nSPS) is 12.7. The van der Waals surface area contributed by atoms with Gasteiger partial charge in [-0.2, -0.15) is 0 Å². The molecule has 0 saturated carbocycles. The predicted molar refractivity (Wildman–Crippen MR) is 91.9 cm³/mol. The molecule has 2 aromatic rings. The summed E-state index contributed by atoms with van der Waals surface area (Å²) in [5.74, 6) is -0.697. The molecule has 2 rings (SSSR count). The predicted octanol–water partition coefficient (Wildman–Crippen LogP) is 1.85. The highest BCUT2D eigenvalue weighted by Crippen LogP contribution is 2.18. The van der Waals surface area contributed by atoms with Gasteiger partial charge < -0.3 is 19.9 Å². The van der Waals surface area contributed by atoms with Crippen LogP contribution in [-0.2, 0) is 14.3 Å². The van der Waals surface area contributed by atoms with E-state index in [-0.39, 0.29) is 13.2 Å². The Kier molecular flexibility index (Phi) is 6.98. The molecule has 0 spiro atoms. The van der Waals surface area contributed by atoms with Gasteiger partial charge in [-0.3, -0.25) is 4.79 Å². The molecule has 2 N–H and O–H groups in total. The molecule has 2 atom stereocenters. The summed E-state index contributed by atoms with van der Waals surface area (Å²) < 4.78 is 10.3. The Labute approximate surface area is 146 Å². The topological polar surface area (TPSA) is 84.9 Å². The highest BCUT2D eigenvalue weighted by Gasteiger charge is 2.31. The van der Waals surface area contributed by atoms with Crippen LogP contribution >= 0.6 is 0 Å². The lowest BCUT2D eigenvalue weighted by molar-refractivity contribution is -0.151. The van der Waals surface area contributed by atoms with Gasteiger partial charge in [0.15, 0.2) is 12.6 Å². The van der Waals surface area contributed by atoms with E-state index in [4.69, 9.17) is 9.47 Å². The first-order valence-corrected chi connectivity index (χ1v) is 7.98. The first kappa shape index (κ1) is 18.5. The average Bonchev–Trinajstić information content (AvgIpc) is 2.65. The SMILES string of the molecule is CCOC(=O)C(NC(=O)COc1ccccc1)C(O)c1ccccc1. The molecule has 0 aromatic heterocycles. The van der Waals surface area contributed by atoms with Gasteiger partial charge in [0, 0.05) is 0 Å². The molecular weight excluding hydrogens is 322 g/mol. The number of ether oxygens (including phenoxy) is 2. The molecule has 0 heterocycles. The van der Waals surface area contributed by atoms with E-state index in [2.05, 4.69) is 5.32 Å². The Hall–Kier alpha value is -2.86. The van der Waals surface area contributed by atoms with Crippen molar-refractivity contribution in [3.8, 4) is 5.75 Å². The van der Waals surface area contributed by atoms with Crippen molar-refractivity contribution in [2.75, 3.05) is 13.2 Å². The number of benzene rings is 2. The number of carbonyl (C=O) groups is 2. The average molecular weight is 343 g/mol. The van der Waals surface area contributed by atoms with Crippen LogP contribution in [0.25, 0.3) is 0 Å². The summed E-state index contributed by atoms with van der Waals surface area (Å²) in [6, 6.07) is 16.2. The first-order valence-electron chi connectivity index (χ1n) is 7.98. The zero-order valence-electron chi connectivity index (χ0n) is 13.9. The van der Waals surface area contributed by atoms with E-state index >= 15 is 0 Å². The van der Waals surface area contributed by atoms with Crippen molar-refractivity contribution in [2.45, 2.75) is 19.1 Å². The molecule has 2 aromatic carbocycles. The number of esters is 1. The van der Waals surface area contributed by atoms with Crippen LogP contribution in [0.15, 0.2) is 60.7 Å². The van der Waals surface area contributed by atoms with Gasteiger partial charge in [0.1, 0.15) is 11.9 Å². The summed E-state index contributed by atoms with van der Waals surface area (Å²) in [7, 11) is 0. The van der Waals surface area contributed by atoms with Crippen molar-refractivity contribution in [2.24, 2.45) is 0 Å². The van der Waals surface area contributed by atoms with Gasteiger partial charge in [-0.15, -0.1) is 0 Å². The molecule has 0 saturated heterocycles. The van der Waals surface area contributed by atoms with Crippen molar-refractivity contribution in [1.29, 1.82) is 0 Å². The second-order valence-corrected chi connectivity index (χ2v) is 5.25. The Balaban J connectivity index is 2.02. The van der Waals surface area contributed by atoms with Gasteiger partial charge in [0.25, 0.3) is 5.91 Å². The number of para-hydroxylation sites is 1. The fourth-order valence-corrected chi connectivity index (χ4v) is 2.22. The maximum Gasteiger partial charge on any atom is 0.331 e. The molecular formula is C19H21NO5. The summed E-state index contributed by atoms with van der Waals surface area (Å²) in [5, 5.41) is 12.9. The van der Waals surface area contributed by atoms with Crippen LogP contribution in [-0.4, -0.2) is 36.2 Å². The van der Waals surface area contributed by atoms with E-state index in [0.29, 0.717) is 11.3 Å². The fourth-order valence-electron chi connectivity index (χ4n) is 2.22. The maximum absolute atomic E-state index is 12.1. The Bertz CT molecular complexity index is 675. The van der Waals surface area contributed by atoms with Crippen LogP contribution in [0.4, 0.5) is 0 Å². The quantitative estimate of drug-likeness (QED) is 0.715. The van der Waals surface area contributed by atoms with Crippen LogP contribution < -0.4 is 10.1 Å². The molecule has 0 aliphatic rings. The van der Waals surface area contributed by atoms with Gasteiger partial charge >= 0.3 is 5.97 Å². The molecule has 0 bridgehead atoms. The molecule has 6 heteroatoms. The fraction of sp³-hybridized carbons (Fsp3) is 0.263. The summed E-state index contributed by atoms with van der Waals surface area (Å²) in [4.78, 5) is 24.2. The van der Waals surface area contributed by atoms with Crippen molar-refractivity contribution < 1.29 is 24.2 Å². The Morgan fingerprint density at radius 1 is 1.04 bits per heavy atom. The Morgan fingerprint density at radius 2 is 1.64 bits per heavy atom. The highest BCUT2D eigenvalue weighted by atomic mass is 16.5. The zero-order chi connectivity index (χ0) is 18.1. The number of nitrogens with one attached hydrogen (secondary N) is 1. The summed E-state index contributed by atoms with van der Waals surface area (Å²) in [6.45, 7) is 1.53.